The van der Waals surface area contributed by atoms with E-state index in [1.807, 2.05) is 0 Å². The molecule has 0 aliphatic rings. The Balaban J connectivity index is 2.48. The van der Waals surface area contributed by atoms with Crippen LogP contribution in [0.1, 0.15) is 16.1 Å². The maximum absolute atomic E-state index is 10.7. The number of nitrogens with zero attached hydrogens (tertiary/aromatic N) is 1. The zero-order valence-corrected chi connectivity index (χ0v) is 8.63. The first kappa shape index (κ1) is 12.6. The molecule has 88 valence electrons. The molecule has 1 aromatic heterocycles. The summed E-state index contributed by atoms with van der Waals surface area (Å²) in [5.74, 6) is -1.00. The van der Waals surface area contributed by atoms with E-state index in [4.69, 9.17) is 15.3 Å². The molecule has 0 spiro atoms. The summed E-state index contributed by atoms with van der Waals surface area (Å²) in [6, 6.07) is 2.87. The molecule has 0 saturated heterocycles. The van der Waals surface area contributed by atoms with Crippen LogP contribution in [0.3, 0.4) is 0 Å². The number of hydrogen-bond acceptors (Lipinski definition) is 5. The van der Waals surface area contributed by atoms with E-state index < -0.39 is 12.1 Å². The van der Waals surface area contributed by atoms with Gasteiger partial charge in [0.2, 0.25) is 0 Å². The van der Waals surface area contributed by atoms with E-state index in [1.54, 1.807) is 0 Å². The van der Waals surface area contributed by atoms with Crippen LogP contribution in [0.2, 0.25) is 0 Å². The third-order valence-electron chi connectivity index (χ3n) is 1.96. The topological polar surface area (TPSA) is 103 Å². The molecule has 1 heterocycles. The van der Waals surface area contributed by atoms with Crippen LogP contribution >= 0.6 is 0 Å². The fourth-order valence-corrected chi connectivity index (χ4v) is 1.14. The van der Waals surface area contributed by atoms with Gasteiger partial charge in [0.25, 0.3) is 0 Å². The van der Waals surface area contributed by atoms with Gasteiger partial charge in [0.1, 0.15) is 0 Å². The minimum Gasteiger partial charge on any atom is -0.478 e. The SMILES string of the molecule is O=C(O)c1ccnc(CNCC(O)CO)c1. The first-order chi connectivity index (χ1) is 7.63. The number of aliphatic hydroxyl groups is 2. The number of aromatic carboxylic acids is 1. The normalized spacial score (nSPS) is 12.4. The Morgan fingerprint density at radius 3 is 2.94 bits per heavy atom. The van der Waals surface area contributed by atoms with Crippen molar-refractivity contribution >= 4 is 5.97 Å². The summed E-state index contributed by atoms with van der Waals surface area (Å²) in [6.07, 6.45) is 0.603. The number of nitrogens with one attached hydrogen (secondary N) is 1. The second kappa shape index (κ2) is 6.16. The van der Waals surface area contributed by atoms with Gasteiger partial charge in [-0.25, -0.2) is 4.79 Å². The van der Waals surface area contributed by atoms with Crippen LogP contribution in [-0.2, 0) is 6.54 Å². The van der Waals surface area contributed by atoms with E-state index in [0.29, 0.717) is 12.2 Å². The van der Waals surface area contributed by atoms with Crippen molar-refractivity contribution in [1.82, 2.24) is 10.3 Å². The number of hydrogen-bond donors (Lipinski definition) is 4. The first-order valence-corrected chi connectivity index (χ1v) is 4.81. The number of carbonyl (C=O) groups is 1. The lowest BCUT2D eigenvalue weighted by atomic mass is 10.2. The van der Waals surface area contributed by atoms with Crippen molar-refractivity contribution < 1.29 is 20.1 Å². The Morgan fingerprint density at radius 1 is 1.56 bits per heavy atom. The monoisotopic (exact) mass is 226 g/mol. The molecule has 0 fully saturated rings. The predicted octanol–water partition coefficient (Wildman–Crippen LogP) is -0.777. The smallest absolute Gasteiger partial charge is 0.335 e. The van der Waals surface area contributed by atoms with Crippen molar-refractivity contribution in [3.05, 3.63) is 29.6 Å². The lowest BCUT2D eigenvalue weighted by Gasteiger charge is -2.08. The van der Waals surface area contributed by atoms with Gasteiger partial charge >= 0.3 is 5.97 Å². The van der Waals surface area contributed by atoms with E-state index in [0.717, 1.165) is 0 Å². The van der Waals surface area contributed by atoms with Crippen LogP contribution in [0, 0.1) is 0 Å². The lowest BCUT2D eigenvalue weighted by molar-refractivity contribution is 0.0696. The van der Waals surface area contributed by atoms with Crippen LogP contribution < -0.4 is 5.32 Å². The lowest BCUT2D eigenvalue weighted by Crippen LogP contribution is -2.29. The van der Waals surface area contributed by atoms with Crippen molar-refractivity contribution in [3.8, 4) is 0 Å². The first-order valence-electron chi connectivity index (χ1n) is 4.81. The van der Waals surface area contributed by atoms with Gasteiger partial charge in [0.15, 0.2) is 0 Å². The highest BCUT2D eigenvalue weighted by atomic mass is 16.4. The van der Waals surface area contributed by atoms with E-state index in [9.17, 15) is 4.79 Å². The van der Waals surface area contributed by atoms with Gasteiger partial charge in [0, 0.05) is 19.3 Å². The summed E-state index contributed by atoms with van der Waals surface area (Å²) in [6.45, 7) is 0.267. The maximum Gasteiger partial charge on any atom is 0.335 e. The van der Waals surface area contributed by atoms with Gasteiger partial charge in [-0.3, -0.25) is 4.98 Å². The third kappa shape index (κ3) is 3.93. The number of rotatable bonds is 6. The third-order valence-corrected chi connectivity index (χ3v) is 1.96. The van der Waals surface area contributed by atoms with Crippen molar-refractivity contribution in [2.24, 2.45) is 0 Å². The molecule has 0 saturated carbocycles. The van der Waals surface area contributed by atoms with E-state index in [-0.39, 0.29) is 18.7 Å². The van der Waals surface area contributed by atoms with Gasteiger partial charge < -0.3 is 20.6 Å². The number of pyridine rings is 1. The van der Waals surface area contributed by atoms with Crippen LogP contribution in [0.15, 0.2) is 18.3 Å². The summed E-state index contributed by atoms with van der Waals surface area (Å²) < 4.78 is 0. The minimum absolute atomic E-state index is 0.175. The second-order valence-electron chi connectivity index (χ2n) is 3.31. The summed E-state index contributed by atoms with van der Waals surface area (Å²) in [7, 11) is 0. The van der Waals surface area contributed by atoms with Crippen LogP contribution in [0.5, 0.6) is 0 Å². The molecule has 1 unspecified atom stereocenters. The van der Waals surface area contributed by atoms with E-state index >= 15 is 0 Å². The maximum atomic E-state index is 10.7. The predicted molar refractivity (Wildman–Crippen MR) is 56.0 cm³/mol. The molecule has 6 nitrogen and oxygen atoms in total. The summed E-state index contributed by atoms with van der Waals surface area (Å²) >= 11 is 0. The zero-order chi connectivity index (χ0) is 12.0. The van der Waals surface area contributed by atoms with Crippen molar-refractivity contribution in [1.29, 1.82) is 0 Å². The fraction of sp³-hybridized carbons (Fsp3) is 0.400. The van der Waals surface area contributed by atoms with E-state index in [2.05, 4.69) is 10.3 Å². The number of carboxylic acid groups (broad SMARTS) is 1. The number of aliphatic hydroxyl groups excluding tert-OH is 2. The highest BCUT2D eigenvalue weighted by Gasteiger charge is 2.05. The van der Waals surface area contributed by atoms with Crippen molar-refractivity contribution in [2.75, 3.05) is 13.2 Å². The Bertz CT molecular complexity index is 356. The molecule has 0 bridgehead atoms. The number of aromatic nitrogens is 1. The molecule has 4 N–H and O–H groups in total. The highest BCUT2D eigenvalue weighted by molar-refractivity contribution is 5.87. The Labute approximate surface area is 92.6 Å². The summed E-state index contributed by atoms with van der Waals surface area (Å²) in [5.41, 5.74) is 0.750. The molecule has 1 atom stereocenters. The van der Waals surface area contributed by atoms with E-state index in [1.165, 1.54) is 18.3 Å². The zero-order valence-electron chi connectivity index (χ0n) is 8.63. The molecule has 0 amide bonds. The quantitative estimate of drug-likeness (QED) is 0.507. The number of carboxylic acids is 1. The second-order valence-corrected chi connectivity index (χ2v) is 3.31. The van der Waals surface area contributed by atoms with Gasteiger partial charge in [-0.05, 0) is 12.1 Å². The molecule has 1 aromatic rings. The Morgan fingerprint density at radius 2 is 2.31 bits per heavy atom. The molecular weight excluding hydrogens is 212 g/mol. The van der Waals surface area contributed by atoms with Crippen molar-refractivity contribution in [3.63, 3.8) is 0 Å². The Kier molecular flexibility index (Phi) is 4.84. The molecule has 0 aliphatic carbocycles. The molecule has 0 aliphatic heterocycles. The van der Waals surface area contributed by atoms with Gasteiger partial charge in [0.05, 0.1) is 24.0 Å². The van der Waals surface area contributed by atoms with Crippen LogP contribution in [-0.4, -0.2) is 45.5 Å². The standard InChI is InChI=1S/C10H14N2O4/c13-6-9(14)5-11-4-8-3-7(10(15)16)1-2-12-8/h1-3,9,11,13-14H,4-6H2,(H,15,16). The summed E-state index contributed by atoms with van der Waals surface area (Å²) in [5, 5.41) is 29.2. The van der Waals surface area contributed by atoms with Crippen LogP contribution in [0.25, 0.3) is 0 Å². The fourth-order valence-electron chi connectivity index (χ4n) is 1.14. The molecule has 0 aromatic carbocycles. The van der Waals surface area contributed by atoms with Gasteiger partial charge in [-0.1, -0.05) is 0 Å². The molecular formula is C10H14N2O4. The minimum atomic E-state index is -1.00. The highest BCUT2D eigenvalue weighted by Crippen LogP contribution is 2.01. The van der Waals surface area contributed by atoms with Gasteiger partial charge in [-0.2, -0.15) is 0 Å². The molecule has 16 heavy (non-hydrogen) atoms. The molecule has 6 heteroatoms. The van der Waals surface area contributed by atoms with Crippen LogP contribution in [0.4, 0.5) is 0 Å². The largest absolute Gasteiger partial charge is 0.478 e. The average Bonchev–Trinajstić information content (AvgIpc) is 2.29. The average molecular weight is 226 g/mol. The summed E-state index contributed by atoms with van der Waals surface area (Å²) in [4.78, 5) is 14.6. The van der Waals surface area contributed by atoms with Gasteiger partial charge in [-0.15, -0.1) is 0 Å². The molecule has 0 radical (unpaired) electrons. The Hall–Kier alpha value is -1.50. The van der Waals surface area contributed by atoms with Crippen molar-refractivity contribution in [2.45, 2.75) is 12.6 Å². The molecule has 1 rings (SSSR count).